The number of hydrogen-bond acceptors (Lipinski definition) is 2. The van der Waals surface area contributed by atoms with Crippen LogP contribution in [0.1, 0.15) is 26.2 Å². The van der Waals surface area contributed by atoms with Crippen molar-refractivity contribution in [1.29, 1.82) is 0 Å². The topological polar surface area (TPSA) is 52.0 Å². The SMILES string of the molecule is CCC[N+](C)(CCCN)CCCN. The third kappa shape index (κ3) is 6.02. The van der Waals surface area contributed by atoms with Crippen LogP contribution in [0.3, 0.4) is 0 Å². The first kappa shape index (κ1) is 12.9. The zero-order valence-corrected chi connectivity index (χ0v) is 9.26. The predicted molar refractivity (Wildman–Crippen MR) is 58.4 cm³/mol. The minimum Gasteiger partial charge on any atom is -0.330 e. The maximum Gasteiger partial charge on any atom is 0.0796 e. The lowest BCUT2D eigenvalue weighted by atomic mass is 10.2. The molecule has 0 heterocycles. The van der Waals surface area contributed by atoms with Crippen LogP contribution in [0.15, 0.2) is 0 Å². The first-order chi connectivity index (χ1) is 6.18. The van der Waals surface area contributed by atoms with Crippen molar-refractivity contribution in [2.24, 2.45) is 11.5 Å². The van der Waals surface area contributed by atoms with E-state index >= 15 is 0 Å². The van der Waals surface area contributed by atoms with Crippen molar-refractivity contribution in [2.75, 3.05) is 39.8 Å². The van der Waals surface area contributed by atoms with E-state index in [2.05, 4.69) is 14.0 Å². The minimum absolute atomic E-state index is 0.806. The van der Waals surface area contributed by atoms with Crippen LogP contribution in [0.5, 0.6) is 0 Å². The molecule has 0 aliphatic carbocycles. The summed E-state index contributed by atoms with van der Waals surface area (Å²) in [6, 6.07) is 0. The molecule has 0 aromatic heterocycles. The Kier molecular flexibility index (Phi) is 7.23. The van der Waals surface area contributed by atoms with Gasteiger partial charge in [0.25, 0.3) is 0 Å². The van der Waals surface area contributed by atoms with Gasteiger partial charge in [-0.2, -0.15) is 0 Å². The maximum absolute atomic E-state index is 5.53. The molecule has 0 fully saturated rings. The van der Waals surface area contributed by atoms with E-state index < -0.39 is 0 Å². The summed E-state index contributed by atoms with van der Waals surface area (Å²) in [5, 5.41) is 0. The van der Waals surface area contributed by atoms with Gasteiger partial charge in [0.2, 0.25) is 0 Å². The molecule has 0 radical (unpaired) electrons. The Morgan fingerprint density at radius 3 is 1.69 bits per heavy atom. The first-order valence-electron chi connectivity index (χ1n) is 5.42. The van der Waals surface area contributed by atoms with Gasteiger partial charge in [-0.25, -0.2) is 0 Å². The second-order valence-electron chi connectivity index (χ2n) is 4.07. The molecule has 0 spiro atoms. The van der Waals surface area contributed by atoms with Gasteiger partial charge in [0.1, 0.15) is 0 Å². The van der Waals surface area contributed by atoms with Crippen molar-refractivity contribution in [2.45, 2.75) is 26.2 Å². The van der Waals surface area contributed by atoms with Crippen LogP contribution in [0.2, 0.25) is 0 Å². The fraction of sp³-hybridized carbons (Fsp3) is 1.00. The highest BCUT2D eigenvalue weighted by molar-refractivity contribution is 4.44. The normalized spacial score (nSPS) is 12.0. The molecule has 13 heavy (non-hydrogen) atoms. The van der Waals surface area contributed by atoms with Crippen molar-refractivity contribution in [1.82, 2.24) is 0 Å². The predicted octanol–water partition coefficient (Wildman–Crippen LogP) is 0.541. The molecule has 3 nitrogen and oxygen atoms in total. The van der Waals surface area contributed by atoms with E-state index in [0.29, 0.717) is 0 Å². The van der Waals surface area contributed by atoms with Gasteiger partial charge in [-0.1, -0.05) is 6.92 Å². The van der Waals surface area contributed by atoms with Crippen molar-refractivity contribution in [3.63, 3.8) is 0 Å². The molecule has 0 saturated carbocycles. The molecule has 0 saturated heterocycles. The summed E-state index contributed by atoms with van der Waals surface area (Å²) in [5.41, 5.74) is 11.1. The van der Waals surface area contributed by atoms with Crippen LogP contribution in [0.4, 0.5) is 0 Å². The largest absolute Gasteiger partial charge is 0.330 e. The van der Waals surface area contributed by atoms with Crippen LogP contribution >= 0.6 is 0 Å². The highest BCUT2D eigenvalue weighted by atomic mass is 15.3. The molecule has 4 N–H and O–H groups in total. The molecule has 0 rings (SSSR count). The van der Waals surface area contributed by atoms with Crippen LogP contribution in [0.25, 0.3) is 0 Å². The van der Waals surface area contributed by atoms with E-state index in [-0.39, 0.29) is 0 Å². The molecule has 0 unspecified atom stereocenters. The van der Waals surface area contributed by atoms with Gasteiger partial charge >= 0.3 is 0 Å². The highest BCUT2D eigenvalue weighted by Crippen LogP contribution is 2.06. The van der Waals surface area contributed by atoms with Gasteiger partial charge < -0.3 is 16.0 Å². The van der Waals surface area contributed by atoms with E-state index in [1.165, 1.54) is 26.1 Å². The zero-order chi connectivity index (χ0) is 10.2. The third-order valence-corrected chi connectivity index (χ3v) is 2.57. The molecule has 0 aliphatic heterocycles. The standard InChI is InChI=1S/C10H26N3/c1-3-8-13(2,9-4-6-11)10-5-7-12/h3-12H2,1-2H3/q+1. The number of rotatable bonds is 8. The lowest BCUT2D eigenvalue weighted by Gasteiger charge is -2.34. The van der Waals surface area contributed by atoms with Crippen molar-refractivity contribution < 1.29 is 4.48 Å². The smallest absolute Gasteiger partial charge is 0.0796 e. The summed E-state index contributed by atoms with van der Waals surface area (Å²) >= 11 is 0. The lowest BCUT2D eigenvalue weighted by Crippen LogP contribution is -2.47. The van der Waals surface area contributed by atoms with E-state index in [1.807, 2.05) is 0 Å². The van der Waals surface area contributed by atoms with Crippen LogP contribution < -0.4 is 11.5 Å². The van der Waals surface area contributed by atoms with Crippen molar-refractivity contribution >= 4 is 0 Å². The van der Waals surface area contributed by atoms with Crippen LogP contribution in [-0.4, -0.2) is 44.3 Å². The second kappa shape index (κ2) is 7.30. The van der Waals surface area contributed by atoms with E-state index in [4.69, 9.17) is 11.5 Å². The van der Waals surface area contributed by atoms with E-state index in [9.17, 15) is 0 Å². The van der Waals surface area contributed by atoms with Crippen LogP contribution in [0, 0.1) is 0 Å². The third-order valence-electron chi connectivity index (χ3n) is 2.57. The van der Waals surface area contributed by atoms with Gasteiger partial charge in [-0.3, -0.25) is 0 Å². The van der Waals surface area contributed by atoms with Crippen molar-refractivity contribution in [3.8, 4) is 0 Å². The van der Waals surface area contributed by atoms with Gasteiger partial charge in [-0.15, -0.1) is 0 Å². The van der Waals surface area contributed by atoms with E-state index in [1.54, 1.807) is 0 Å². The Morgan fingerprint density at radius 1 is 0.923 bits per heavy atom. The molecule has 80 valence electrons. The second-order valence-corrected chi connectivity index (χ2v) is 4.07. The zero-order valence-electron chi connectivity index (χ0n) is 9.26. The highest BCUT2D eigenvalue weighted by Gasteiger charge is 2.18. The summed E-state index contributed by atoms with van der Waals surface area (Å²) in [6.07, 6.45) is 3.49. The minimum atomic E-state index is 0.806. The quantitative estimate of drug-likeness (QED) is 0.546. The van der Waals surface area contributed by atoms with E-state index in [0.717, 1.165) is 30.4 Å². The molecule has 0 aromatic carbocycles. The number of quaternary nitrogens is 1. The van der Waals surface area contributed by atoms with Gasteiger partial charge in [0, 0.05) is 12.8 Å². The Labute approximate surface area is 82.7 Å². The Balaban J connectivity index is 3.84. The Morgan fingerprint density at radius 2 is 1.38 bits per heavy atom. The number of nitrogens with two attached hydrogens (primary N) is 2. The van der Waals surface area contributed by atoms with Gasteiger partial charge in [0.05, 0.1) is 26.7 Å². The number of nitrogens with zero attached hydrogens (tertiary/aromatic N) is 1. The first-order valence-corrected chi connectivity index (χ1v) is 5.42. The summed E-state index contributed by atoms with van der Waals surface area (Å²) in [5.74, 6) is 0. The molecule has 0 atom stereocenters. The summed E-state index contributed by atoms with van der Waals surface area (Å²) in [7, 11) is 2.31. The Bertz CT molecular complexity index is 107. The summed E-state index contributed by atoms with van der Waals surface area (Å²) in [4.78, 5) is 0. The average molecular weight is 188 g/mol. The lowest BCUT2D eigenvalue weighted by molar-refractivity contribution is -0.909. The van der Waals surface area contributed by atoms with Gasteiger partial charge in [-0.05, 0) is 19.5 Å². The number of hydrogen-bond donors (Lipinski definition) is 2. The maximum atomic E-state index is 5.53. The molecule has 0 amide bonds. The van der Waals surface area contributed by atoms with Gasteiger partial charge in [0.15, 0.2) is 0 Å². The fourth-order valence-electron chi connectivity index (χ4n) is 1.82. The summed E-state index contributed by atoms with van der Waals surface area (Å²) < 4.78 is 1.14. The summed E-state index contributed by atoms with van der Waals surface area (Å²) in [6.45, 7) is 7.50. The molecular formula is C10H26N3+. The molecule has 0 aliphatic rings. The molecule has 0 bridgehead atoms. The monoisotopic (exact) mass is 188 g/mol. The molecular weight excluding hydrogens is 162 g/mol. The van der Waals surface area contributed by atoms with Crippen molar-refractivity contribution in [3.05, 3.63) is 0 Å². The fourth-order valence-corrected chi connectivity index (χ4v) is 1.82. The molecule has 0 aromatic rings. The van der Waals surface area contributed by atoms with Crippen LogP contribution in [-0.2, 0) is 0 Å². The Hall–Kier alpha value is -0.120. The molecule has 3 heteroatoms. The average Bonchev–Trinajstić information content (AvgIpc) is 2.12.